The van der Waals surface area contributed by atoms with Crippen LogP contribution in [0.1, 0.15) is 0 Å². The van der Waals surface area contributed by atoms with Crippen molar-refractivity contribution in [2.45, 2.75) is 6.54 Å². The molecule has 0 aliphatic heterocycles. The first-order valence-electron chi connectivity index (χ1n) is 6.06. The quantitative estimate of drug-likeness (QED) is 0.905. The molecule has 0 fully saturated rings. The topological polar surface area (TPSA) is 76.0 Å². The van der Waals surface area contributed by atoms with E-state index in [-0.39, 0.29) is 12.1 Å². The van der Waals surface area contributed by atoms with Crippen LogP contribution in [0.2, 0.25) is 10.0 Å². The van der Waals surface area contributed by atoms with Crippen molar-refractivity contribution in [3.8, 4) is 0 Å². The number of rotatable bonds is 4. The molecule has 0 aliphatic carbocycles. The number of anilines is 1. The maximum atomic E-state index is 11.7. The fraction of sp³-hybridized carbons (Fsp3) is 0.154. The lowest BCUT2D eigenvalue weighted by Crippen LogP contribution is -2.33. The van der Waals surface area contributed by atoms with Gasteiger partial charge in [0.15, 0.2) is 0 Å². The fourth-order valence-electron chi connectivity index (χ4n) is 1.60. The Kier molecular flexibility index (Phi) is 5.19. The van der Waals surface area contributed by atoms with E-state index < -0.39 is 6.03 Å². The van der Waals surface area contributed by atoms with Gasteiger partial charge in [-0.2, -0.15) is 0 Å². The average Bonchev–Trinajstić information content (AvgIpc) is 2.45. The molecular weight excluding hydrogens is 315 g/mol. The molecule has 0 saturated carbocycles. The van der Waals surface area contributed by atoms with Crippen molar-refractivity contribution in [1.29, 1.82) is 0 Å². The highest BCUT2D eigenvalue weighted by Crippen LogP contribution is 2.25. The van der Waals surface area contributed by atoms with Gasteiger partial charge in [-0.15, -0.1) is 0 Å². The van der Waals surface area contributed by atoms with Gasteiger partial charge in [-0.25, -0.2) is 9.78 Å². The van der Waals surface area contributed by atoms with Crippen molar-refractivity contribution in [1.82, 2.24) is 14.9 Å². The highest BCUT2D eigenvalue weighted by atomic mass is 35.5. The highest BCUT2D eigenvalue weighted by Gasteiger charge is 2.06. The van der Waals surface area contributed by atoms with Crippen LogP contribution in [-0.4, -0.2) is 22.1 Å². The average molecular weight is 327 g/mol. The molecule has 110 valence electrons. The summed E-state index contributed by atoms with van der Waals surface area (Å²) in [5, 5.41) is 6.05. The molecule has 2 aromatic rings. The number of nitrogens with zero attached hydrogens (tertiary/aromatic N) is 2. The Morgan fingerprint density at radius 2 is 2.10 bits per heavy atom. The van der Waals surface area contributed by atoms with Gasteiger partial charge < -0.3 is 10.6 Å². The molecule has 6 nitrogen and oxygen atoms in total. The summed E-state index contributed by atoms with van der Waals surface area (Å²) < 4.78 is 1.40. The van der Waals surface area contributed by atoms with Crippen molar-refractivity contribution in [3.63, 3.8) is 0 Å². The van der Waals surface area contributed by atoms with Crippen LogP contribution in [0.25, 0.3) is 0 Å². The van der Waals surface area contributed by atoms with Crippen LogP contribution in [0.3, 0.4) is 0 Å². The van der Waals surface area contributed by atoms with Gasteiger partial charge in [0.25, 0.3) is 5.56 Å². The van der Waals surface area contributed by atoms with Gasteiger partial charge in [-0.3, -0.25) is 9.36 Å². The summed E-state index contributed by atoms with van der Waals surface area (Å²) in [5.74, 6) is 0. The minimum atomic E-state index is -0.434. The van der Waals surface area contributed by atoms with E-state index in [1.54, 1.807) is 18.2 Å². The molecule has 0 unspecified atom stereocenters. The van der Waals surface area contributed by atoms with E-state index in [2.05, 4.69) is 15.6 Å². The maximum Gasteiger partial charge on any atom is 0.319 e. The lowest BCUT2D eigenvalue weighted by Gasteiger charge is -2.10. The van der Waals surface area contributed by atoms with Gasteiger partial charge in [-0.05, 0) is 18.2 Å². The summed E-state index contributed by atoms with van der Waals surface area (Å²) in [6.45, 7) is 0.596. The van der Waals surface area contributed by atoms with Gasteiger partial charge >= 0.3 is 6.03 Å². The number of halogens is 2. The van der Waals surface area contributed by atoms with Crippen LogP contribution in [0.15, 0.2) is 41.6 Å². The minimum absolute atomic E-state index is 0.176. The van der Waals surface area contributed by atoms with Gasteiger partial charge in [0, 0.05) is 30.4 Å². The molecule has 0 aliphatic rings. The molecular formula is C13H12Cl2N4O2. The number of urea groups is 1. The summed E-state index contributed by atoms with van der Waals surface area (Å²) in [7, 11) is 0. The van der Waals surface area contributed by atoms with Crippen molar-refractivity contribution >= 4 is 34.9 Å². The lowest BCUT2D eigenvalue weighted by molar-refractivity contribution is 0.251. The summed E-state index contributed by atoms with van der Waals surface area (Å²) in [6.07, 6.45) is 2.83. The van der Waals surface area contributed by atoms with Crippen molar-refractivity contribution in [2.75, 3.05) is 11.9 Å². The third-order valence-corrected chi connectivity index (χ3v) is 3.17. The molecule has 0 saturated heterocycles. The van der Waals surface area contributed by atoms with E-state index in [4.69, 9.17) is 23.2 Å². The molecule has 8 heteroatoms. The van der Waals surface area contributed by atoms with Crippen molar-refractivity contribution in [3.05, 3.63) is 57.2 Å². The minimum Gasteiger partial charge on any atom is -0.336 e. The van der Waals surface area contributed by atoms with E-state index in [1.807, 2.05) is 0 Å². The summed E-state index contributed by atoms with van der Waals surface area (Å²) in [5.41, 5.74) is 0.241. The standard InChI is InChI=1S/C13H12Cl2N4O2/c14-9-1-2-10(15)11(7-9)18-13(21)17-5-6-19-8-16-4-3-12(19)20/h1-4,7-8H,5-6H2,(H2,17,18,21). The van der Waals surface area contributed by atoms with E-state index in [0.29, 0.717) is 22.3 Å². The number of carbonyl (C=O) groups is 1. The molecule has 1 aromatic heterocycles. The van der Waals surface area contributed by atoms with Crippen molar-refractivity contribution in [2.24, 2.45) is 0 Å². The number of amides is 2. The number of hydrogen-bond donors (Lipinski definition) is 2. The second-order valence-electron chi connectivity index (χ2n) is 4.12. The lowest BCUT2D eigenvalue weighted by atomic mass is 10.3. The third kappa shape index (κ3) is 4.47. The van der Waals surface area contributed by atoms with E-state index in [9.17, 15) is 9.59 Å². The zero-order valence-corrected chi connectivity index (χ0v) is 12.4. The summed E-state index contributed by atoms with van der Waals surface area (Å²) in [4.78, 5) is 27.0. The Balaban J connectivity index is 1.87. The largest absolute Gasteiger partial charge is 0.336 e. The molecule has 0 spiro atoms. The SMILES string of the molecule is O=C(NCCn1cnccc1=O)Nc1cc(Cl)ccc1Cl. The molecule has 2 rings (SSSR count). The molecule has 2 N–H and O–H groups in total. The molecule has 0 radical (unpaired) electrons. The summed E-state index contributed by atoms with van der Waals surface area (Å²) in [6, 6.07) is 5.69. The van der Waals surface area contributed by atoms with E-state index in [1.165, 1.54) is 23.2 Å². The van der Waals surface area contributed by atoms with Crippen LogP contribution in [0, 0.1) is 0 Å². The summed E-state index contributed by atoms with van der Waals surface area (Å²) >= 11 is 11.8. The highest BCUT2D eigenvalue weighted by molar-refractivity contribution is 6.35. The van der Waals surface area contributed by atoms with E-state index in [0.717, 1.165) is 0 Å². The van der Waals surface area contributed by atoms with Crippen LogP contribution in [0.4, 0.5) is 10.5 Å². The normalized spacial score (nSPS) is 10.2. The van der Waals surface area contributed by atoms with Crippen LogP contribution >= 0.6 is 23.2 Å². The fourth-order valence-corrected chi connectivity index (χ4v) is 1.93. The second kappa shape index (κ2) is 7.10. The van der Waals surface area contributed by atoms with Gasteiger partial charge in [0.1, 0.15) is 0 Å². The second-order valence-corrected chi connectivity index (χ2v) is 4.96. The predicted octanol–water partition coefficient (Wildman–Crippen LogP) is 2.37. The van der Waals surface area contributed by atoms with Gasteiger partial charge in [-0.1, -0.05) is 23.2 Å². The Hall–Kier alpha value is -2.05. The number of aromatic nitrogens is 2. The Morgan fingerprint density at radius 3 is 2.86 bits per heavy atom. The predicted molar refractivity (Wildman–Crippen MR) is 82.0 cm³/mol. The van der Waals surface area contributed by atoms with Crippen LogP contribution in [-0.2, 0) is 6.54 Å². The molecule has 0 atom stereocenters. The number of benzene rings is 1. The van der Waals surface area contributed by atoms with Gasteiger partial charge in [0.05, 0.1) is 17.0 Å². The maximum absolute atomic E-state index is 11.7. The zero-order valence-electron chi connectivity index (χ0n) is 10.8. The smallest absolute Gasteiger partial charge is 0.319 e. The van der Waals surface area contributed by atoms with Crippen molar-refractivity contribution < 1.29 is 4.79 Å². The molecule has 21 heavy (non-hydrogen) atoms. The Bertz CT molecular complexity index is 703. The first-order chi connectivity index (χ1) is 10.1. The molecule has 1 aromatic carbocycles. The first kappa shape index (κ1) is 15.3. The van der Waals surface area contributed by atoms with E-state index >= 15 is 0 Å². The molecule has 1 heterocycles. The Labute approximate surface area is 130 Å². The zero-order chi connectivity index (χ0) is 15.2. The molecule has 2 amide bonds. The first-order valence-corrected chi connectivity index (χ1v) is 6.82. The van der Waals surface area contributed by atoms with Gasteiger partial charge in [0.2, 0.25) is 0 Å². The number of hydrogen-bond acceptors (Lipinski definition) is 3. The van der Waals surface area contributed by atoms with Crippen LogP contribution < -0.4 is 16.2 Å². The Morgan fingerprint density at radius 1 is 1.29 bits per heavy atom. The number of nitrogens with one attached hydrogen (secondary N) is 2. The van der Waals surface area contributed by atoms with Crippen LogP contribution in [0.5, 0.6) is 0 Å². The number of carbonyl (C=O) groups excluding carboxylic acids is 1. The molecule has 0 bridgehead atoms. The third-order valence-electron chi connectivity index (χ3n) is 2.61. The monoisotopic (exact) mass is 326 g/mol.